The van der Waals surface area contributed by atoms with E-state index in [4.69, 9.17) is 5.73 Å². The maximum atomic E-state index is 12.9. The summed E-state index contributed by atoms with van der Waals surface area (Å²) in [6.07, 6.45) is 1.55. The van der Waals surface area contributed by atoms with Crippen LogP contribution in [0.25, 0.3) is 0 Å². The second kappa shape index (κ2) is 6.50. The van der Waals surface area contributed by atoms with Crippen molar-refractivity contribution in [3.05, 3.63) is 51.5 Å². The Bertz CT molecular complexity index is 578. The molecule has 1 heterocycles. The van der Waals surface area contributed by atoms with Gasteiger partial charge < -0.3 is 5.73 Å². The average Bonchev–Trinajstić information content (AvgIpc) is 2.76. The molecule has 1 aromatic heterocycles. The van der Waals surface area contributed by atoms with Crippen LogP contribution in [0.3, 0.4) is 0 Å². The summed E-state index contributed by atoms with van der Waals surface area (Å²) < 4.78 is 16.0. The van der Waals surface area contributed by atoms with Crippen molar-refractivity contribution in [2.75, 3.05) is 0 Å². The highest BCUT2D eigenvalue weighted by Gasteiger charge is 2.17. The van der Waals surface area contributed by atoms with Gasteiger partial charge in [0, 0.05) is 19.0 Å². The van der Waals surface area contributed by atoms with Crippen LogP contribution in [0.2, 0.25) is 0 Å². The summed E-state index contributed by atoms with van der Waals surface area (Å²) in [4.78, 5) is 0. The lowest BCUT2D eigenvalue weighted by atomic mass is 10.0. The summed E-state index contributed by atoms with van der Waals surface area (Å²) in [5.41, 5.74) is 9.31. The van der Waals surface area contributed by atoms with Crippen LogP contribution in [0.5, 0.6) is 0 Å². The summed E-state index contributed by atoms with van der Waals surface area (Å²) in [7, 11) is 0. The Kier molecular flexibility index (Phi) is 4.94. The quantitative estimate of drug-likeness (QED) is 0.904. The third-order valence-electron chi connectivity index (χ3n) is 3.41. The molecule has 2 N–H and O–H groups in total. The molecule has 3 nitrogen and oxygen atoms in total. The molecule has 0 aliphatic heterocycles. The lowest BCUT2D eigenvalue weighted by molar-refractivity contribution is 0.583. The number of benzene rings is 1. The van der Waals surface area contributed by atoms with E-state index < -0.39 is 0 Å². The van der Waals surface area contributed by atoms with E-state index in [0.717, 1.165) is 34.4 Å². The highest BCUT2D eigenvalue weighted by Crippen LogP contribution is 2.26. The predicted octanol–water partition coefficient (Wildman–Crippen LogP) is 3.61. The standard InChI is InChI=1S/C15H19BrFN3/c1-3-13-15(16)14(20(4-2)19-13)9-12(18)10-5-7-11(17)8-6-10/h5-8,12H,3-4,9,18H2,1-2H3. The van der Waals surface area contributed by atoms with Gasteiger partial charge >= 0.3 is 0 Å². The molecule has 20 heavy (non-hydrogen) atoms. The molecular formula is C15H19BrFN3. The fourth-order valence-electron chi connectivity index (χ4n) is 2.25. The zero-order valence-corrected chi connectivity index (χ0v) is 13.3. The van der Waals surface area contributed by atoms with Gasteiger partial charge in [0.25, 0.3) is 0 Å². The monoisotopic (exact) mass is 339 g/mol. The Morgan fingerprint density at radius 3 is 2.50 bits per heavy atom. The molecule has 0 saturated carbocycles. The van der Waals surface area contributed by atoms with E-state index in [1.807, 2.05) is 4.68 Å². The van der Waals surface area contributed by atoms with Crippen molar-refractivity contribution >= 4 is 15.9 Å². The molecule has 0 aliphatic rings. The van der Waals surface area contributed by atoms with Crippen molar-refractivity contribution < 1.29 is 4.39 Å². The van der Waals surface area contributed by atoms with Crippen LogP contribution in [-0.2, 0) is 19.4 Å². The van der Waals surface area contributed by atoms with E-state index in [0.29, 0.717) is 6.42 Å². The van der Waals surface area contributed by atoms with Crippen molar-refractivity contribution in [1.82, 2.24) is 9.78 Å². The zero-order valence-electron chi connectivity index (χ0n) is 11.7. The number of halogens is 2. The molecule has 0 spiro atoms. The highest BCUT2D eigenvalue weighted by molar-refractivity contribution is 9.10. The molecule has 0 fully saturated rings. The minimum atomic E-state index is -0.242. The topological polar surface area (TPSA) is 43.8 Å². The van der Waals surface area contributed by atoms with E-state index in [1.165, 1.54) is 12.1 Å². The minimum Gasteiger partial charge on any atom is -0.324 e. The lowest BCUT2D eigenvalue weighted by Crippen LogP contribution is -2.16. The number of aryl methyl sites for hydroxylation is 2. The maximum absolute atomic E-state index is 12.9. The summed E-state index contributed by atoms with van der Waals surface area (Å²) in [6, 6.07) is 6.19. The Morgan fingerprint density at radius 2 is 1.95 bits per heavy atom. The van der Waals surface area contributed by atoms with Crippen LogP contribution in [0, 0.1) is 5.82 Å². The summed E-state index contributed by atoms with van der Waals surface area (Å²) in [6.45, 7) is 4.95. The normalized spacial score (nSPS) is 12.7. The van der Waals surface area contributed by atoms with Crippen LogP contribution < -0.4 is 5.73 Å². The molecule has 5 heteroatoms. The van der Waals surface area contributed by atoms with Gasteiger partial charge in [0.05, 0.1) is 15.9 Å². The molecule has 1 unspecified atom stereocenters. The smallest absolute Gasteiger partial charge is 0.123 e. The molecule has 0 aliphatic carbocycles. The number of hydrogen-bond donors (Lipinski definition) is 1. The van der Waals surface area contributed by atoms with Gasteiger partial charge in [0.2, 0.25) is 0 Å². The van der Waals surface area contributed by atoms with E-state index in [9.17, 15) is 4.39 Å². The molecule has 108 valence electrons. The van der Waals surface area contributed by atoms with Gasteiger partial charge in [0.1, 0.15) is 5.82 Å². The van der Waals surface area contributed by atoms with Crippen LogP contribution >= 0.6 is 15.9 Å². The first-order chi connectivity index (χ1) is 9.56. The number of aromatic nitrogens is 2. The largest absolute Gasteiger partial charge is 0.324 e. The van der Waals surface area contributed by atoms with Crippen molar-refractivity contribution in [2.24, 2.45) is 5.73 Å². The first kappa shape index (κ1) is 15.2. The molecule has 2 rings (SSSR count). The molecule has 1 atom stereocenters. The average molecular weight is 340 g/mol. The van der Waals surface area contributed by atoms with Crippen LogP contribution in [-0.4, -0.2) is 9.78 Å². The van der Waals surface area contributed by atoms with E-state index in [2.05, 4.69) is 34.9 Å². The van der Waals surface area contributed by atoms with Gasteiger partial charge in [-0.05, 0) is 47.0 Å². The molecule has 1 aromatic carbocycles. The van der Waals surface area contributed by atoms with Crippen molar-refractivity contribution in [1.29, 1.82) is 0 Å². The Balaban J connectivity index is 2.25. The van der Waals surface area contributed by atoms with Crippen LogP contribution in [0.1, 0.15) is 36.8 Å². The van der Waals surface area contributed by atoms with Crippen LogP contribution in [0.4, 0.5) is 4.39 Å². The van der Waals surface area contributed by atoms with Crippen molar-refractivity contribution in [3.63, 3.8) is 0 Å². The van der Waals surface area contributed by atoms with E-state index in [-0.39, 0.29) is 11.9 Å². The summed E-state index contributed by atoms with van der Waals surface area (Å²) in [5, 5.41) is 4.56. The fraction of sp³-hybridized carbons (Fsp3) is 0.400. The van der Waals surface area contributed by atoms with E-state index >= 15 is 0 Å². The van der Waals surface area contributed by atoms with Gasteiger partial charge in [-0.3, -0.25) is 4.68 Å². The second-order valence-corrected chi connectivity index (χ2v) is 5.53. The highest BCUT2D eigenvalue weighted by atomic mass is 79.9. The van der Waals surface area contributed by atoms with Gasteiger partial charge in [-0.1, -0.05) is 19.1 Å². The van der Waals surface area contributed by atoms with E-state index in [1.54, 1.807) is 12.1 Å². The number of nitrogens with zero attached hydrogens (tertiary/aromatic N) is 2. The van der Waals surface area contributed by atoms with Gasteiger partial charge in [-0.15, -0.1) is 0 Å². The van der Waals surface area contributed by atoms with Crippen LogP contribution in [0.15, 0.2) is 28.7 Å². The molecule has 2 aromatic rings. The Morgan fingerprint density at radius 1 is 1.30 bits per heavy atom. The molecular weight excluding hydrogens is 321 g/mol. The lowest BCUT2D eigenvalue weighted by Gasteiger charge is -2.13. The number of nitrogens with two attached hydrogens (primary N) is 1. The SMILES string of the molecule is CCc1nn(CC)c(CC(N)c2ccc(F)cc2)c1Br. The maximum Gasteiger partial charge on any atom is 0.123 e. The predicted molar refractivity (Wildman–Crippen MR) is 82.0 cm³/mol. The first-order valence-electron chi connectivity index (χ1n) is 6.81. The Labute approximate surface area is 127 Å². The zero-order chi connectivity index (χ0) is 14.7. The Hall–Kier alpha value is -1.20. The molecule has 0 amide bonds. The second-order valence-electron chi connectivity index (χ2n) is 4.74. The third-order valence-corrected chi connectivity index (χ3v) is 4.32. The molecule has 0 radical (unpaired) electrons. The third kappa shape index (κ3) is 3.10. The number of rotatable bonds is 5. The van der Waals surface area contributed by atoms with Gasteiger partial charge in [-0.2, -0.15) is 5.10 Å². The summed E-state index contributed by atoms with van der Waals surface area (Å²) >= 11 is 3.62. The summed E-state index contributed by atoms with van der Waals surface area (Å²) in [5.74, 6) is -0.242. The molecule has 0 saturated heterocycles. The fourth-order valence-corrected chi connectivity index (χ4v) is 2.97. The van der Waals surface area contributed by atoms with Crippen molar-refractivity contribution in [3.8, 4) is 0 Å². The first-order valence-corrected chi connectivity index (χ1v) is 7.61. The molecule has 0 bridgehead atoms. The van der Waals surface area contributed by atoms with Gasteiger partial charge in [-0.25, -0.2) is 4.39 Å². The minimum absolute atomic E-state index is 0.168. The van der Waals surface area contributed by atoms with Gasteiger partial charge in [0.15, 0.2) is 0 Å². The number of hydrogen-bond acceptors (Lipinski definition) is 2. The van der Waals surface area contributed by atoms with Crippen molar-refractivity contribution in [2.45, 2.75) is 39.3 Å².